The van der Waals surface area contributed by atoms with E-state index in [0.29, 0.717) is 21.2 Å². The Morgan fingerprint density at radius 2 is 1.59 bits per heavy atom. The van der Waals surface area contributed by atoms with Gasteiger partial charge in [0.25, 0.3) is 0 Å². The molecule has 3 aromatic rings. The van der Waals surface area contributed by atoms with Gasteiger partial charge in [0, 0.05) is 22.7 Å². The van der Waals surface area contributed by atoms with Crippen molar-refractivity contribution < 1.29 is 23.8 Å². The van der Waals surface area contributed by atoms with E-state index >= 15 is 0 Å². The molecule has 0 radical (unpaired) electrons. The molecule has 1 aliphatic rings. The molecule has 2 aromatic carbocycles. The lowest BCUT2D eigenvalue weighted by molar-refractivity contribution is -0.0585. The zero-order valence-electron chi connectivity index (χ0n) is 17.5. The number of hydrogen-bond acceptors (Lipinski definition) is 7. The van der Waals surface area contributed by atoms with Crippen LogP contribution < -0.4 is 5.69 Å². The number of aromatic nitrogens is 2. The van der Waals surface area contributed by atoms with Crippen LogP contribution in [0.5, 0.6) is 0 Å². The molecule has 2 heterocycles. The highest BCUT2D eigenvalue weighted by atomic mass is 35.5. The van der Waals surface area contributed by atoms with Crippen molar-refractivity contribution in [1.29, 1.82) is 0 Å². The Hall–Kier alpha value is -2.98. The highest BCUT2D eigenvalue weighted by Gasteiger charge is 2.40. The number of carbonyl (C=O) groups excluding carboxylic acids is 2. The van der Waals surface area contributed by atoms with Gasteiger partial charge in [0.2, 0.25) is 0 Å². The summed E-state index contributed by atoms with van der Waals surface area (Å²) < 4.78 is 18.5. The molecule has 1 aromatic heterocycles. The molecule has 0 spiro atoms. The number of carbonyl (C=O) groups is 2. The molecule has 1 N–H and O–H groups in total. The van der Waals surface area contributed by atoms with E-state index in [9.17, 15) is 14.4 Å². The normalized spacial score (nSPS) is 19.5. The summed E-state index contributed by atoms with van der Waals surface area (Å²) in [4.78, 5) is 40.0. The minimum Gasteiger partial charge on any atom is -0.459 e. The molecule has 8 nitrogen and oxygen atoms in total. The maximum atomic E-state index is 12.7. The first-order valence-electron chi connectivity index (χ1n) is 10.2. The molecule has 1 saturated heterocycles. The lowest BCUT2D eigenvalue weighted by Gasteiger charge is -2.19. The Kier molecular flexibility index (Phi) is 7.47. The minimum absolute atomic E-state index is 0.129. The van der Waals surface area contributed by atoms with Crippen LogP contribution in [0.2, 0.25) is 10.0 Å². The molecule has 1 unspecified atom stereocenters. The fourth-order valence-electron chi connectivity index (χ4n) is 3.46. The highest BCUT2D eigenvalue weighted by Crippen LogP contribution is 2.31. The summed E-state index contributed by atoms with van der Waals surface area (Å²) in [5, 5.41) is 0.961. The Balaban J connectivity index is 1.52. The quantitative estimate of drug-likeness (QED) is 0.375. The number of esters is 2. The summed E-state index contributed by atoms with van der Waals surface area (Å²) in [5.41, 5.74) is 0.119. The number of rotatable bonds is 6. The van der Waals surface area contributed by atoms with Crippen molar-refractivity contribution >= 4 is 47.4 Å². The maximum Gasteiger partial charge on any atom is 0.338 e. The summed E-state index contributed by atoms with van der Waals surface area (Å²) >= 11 is 17.0. The van der Waals surface area contributed by atoms with Crippen molar-refractivity contribution in [1.82, 2.24) is 9.55 Å². The van der Waals surface area contributed by atoms with Gasteiger partial charge in [-0.05, 0) is 54.6 Å². The Labute approximate surface area is 209 Å². The third kappa shape index (κ3) is 5.56. The van der Waals surface area contributed by atoms with E-state index in [4.69, 9.17) is 49.6 Å². The van der Waals surface area contributed by atoms with E-state index in [-0.39, 0.29) is 17.7 Å². The number of nitrogens with one attached hydrogen (secondary N) is 1. The second-order valence-corrected chi connectivity index (χ2v) is 8.70. The molecule has 0 amide bonds. The molecule has 1 aliphatic heterocycles. The fraction of sp³-hybridized carbons (Fsp3) is 0.217. The number of nitrogens with zero attached hydrogens (tertiary/aromatic N) is 1. The van der Waals surface area contributed by atoms with Gasteiger partial charge < -0.3 is 19.2 Å². The van der Waals surface area contributed by atoms with E-state index < -0.39 is 36.1 Å². The van der Waals surface area contributed by atoms with E-state index in [0.717, 1.165) is 0 Å². The third-order valence-corrected chi connectivity index (χ3v) is 5.99. The number of benzene rings is 2. The average Bonchev–Trinajstić information content (AvgIpc) is 3.20. The maximum absolute atomic E-state index is 12.7. The molecular weight excluding hydrogens is 503 g/mol. The van der Waals surface area contributed by atoms with Crippen LogP contribution in [-0.2, 0) is 14.2 Å². The summed E-state index contributed by atoms with van der Waals surface area (Å²) in [6, 6.07) is 14.0. The van der Waals surface area contributed by atoms with Crippen LogP contribution in [0.4, 0.5) is 0 Å². The topological polar surface area (TPSA) is 99.6 Å². The van der Waals surface area contributed by atoms with Crippen molar-refractivity contribution in [2.75, 3.05) is 6.61 Å². The molecule has 11 heteroatoms. The summed E-state index contributed by atoms with van der Waals surface area (Å²) in [5.74, 6) is -1.20. The zero-order chi connectivity index (χ0) is 24.2. The van der Waals surface area contributed by atoms with Crippen LogP contribution in [0, 0.1) is 4.64 Å². The molecule has 0 bridgehead atoms. The number of ether oxygens (including phenoxy) is 3. The first-order valence-corrected chi connectivity index (χ1v) is 11.3. The summed E-state index contributed by atoms with van der Waals surface area (Å²) in [6.45, 7) is -0.214. The molecule has 176 valence electrons. The number of H-pyrrole nitrogens is 1. The monoisotopic (exact) mass is 520 g/mol. The molecule has 1 fully saturated rings. The van der Waals surface area contributed by atoms with Crippen LogP contribution in [0.3, 0.4) is 0 Å². The van der Waals surface area contributed by atoms with Gasteiger partial charge in [-0.2, -0.15) is 0 Å². The van der Waals surface area contributed by atoms with Crippen molar-refractivity contribution in [3.63, 3.8) is 0 Å². The average molecular weight is 521 g/mol. The van der Waals surface area contributed by atoms with Crippen LogP contribution in [0.15, 0.2) is 65.6 Å². The Bertz CT molecular complexity index is 1280. The second-order valence-electron chi connectivity index (χ2n) is 7.41. The first kappa shape index (κ1) is 24.2. The highest BCUT2D eigenvalue weighted by molar-refractivity contribution is 7.71. The predicted octanol–water partition coefficient (Wildman–Crippen LogP) is 4.58. The van der Waals surface area contributed by atoms with Crippen molar-refractivity contribution in [2.24, 2.45) is 0 Å². The van der Waals surface area contributed by atoms with Crippen molar-refractivity contribution in [3.8, 4) is 0 Å². The number of hydrogen-bond donors (Lipinski definition) is 1. The summed E-state index contributed by atoms with van der Waals surface area (Å²) in [7, 11) is 0. The van der Waals surface area contributed by atoms with Gasteiger partial charge in [-0.15, -0.1) is 0 Å². The van der Waals surface area contributed by atoms with Gasteiger partial charge >= 0.3 is 17.6 Å². The van der Waals surface area contributed by atoms with Gasteiger partial charge in [0.1, 0.15) is 29.7 Å². The molecule has 3 atom stereocenters. The van der Waals surface area contributed by atoms with Gasteiger partial charge in [-0.25, -0.2) is 14.4 Å². The predicted molar refractivity (Wildman–Crippen MR) is 127 cm³/mol. The number of aromatic amines is 1. The van der Waals surface area contributed by atoms with E-state index in [2.05, 4.69) is 4.98 Å². The Morgan fingerprint density at radius 1 is 1.00 bits per heavy atom. The molecule has 34 heavy (non-hydrogen) atoms. The minimum atomic E-state index is -0.834. The molecule has 0 saturated carbocycles. The molecular formula is C23H18Cl2N2O6S. The van der Waals surface area contributed by atoms with Gasteiger partial charge in [0.05, 0.1) is 11.1 Å². The van der Waals surface area contributed by atoms with Crippen LogP contribution in [0.25, 0.3) is 0 Å². The lowest BCUT2D eigenvalue weighted by Crippen LogP contribution is -2.32. The third-order valence-electron chi connectivity index (χ3n) is 5.15. The van der Waals surface area contributed by atoms with Gasteiger partial charge in [-0.1, -0.05) is 35.4 Å². The van der Waals surface area contributed by atoms with Gasteiger partial charge in [-0.3, -0.25) is 4.57 Å². The molecule has 0 aliphatic carbocycles. The van der Waals surface area contributed by atoms with E-state index in [1.807, 2.05) is 0 Å². The SMILES string of the molecule is O=C(OC[C@H]1O[C@@H](n2c(=S)cc[nH]c2=O)CC1OC(=O)c1ccc(Cl)cc1)c1ccc(Cl)cc1. The fourth-order valence-corrected chi connectivity index (χ4v) is 3.98. The van der Waals surface area contributed by atoms with E-state index in [1.54, 1.807) is 30.3 Å². The van der Waals surface area contributed by atoms with Crippen molar-refractivity contribution in [3.05, 3.63) is 97.1 Å². The van der Waals surface area contributed by atoms with Crippen LogP contribution in [-0.4, -0.2) is 40.3 Å². The summed E-state index contributed by atoms with van der Waals surface area (Å²) in [6.07, 6.45) is -0.907. The molecule has 4 rings (SSSR count). The lowest BCUT2D eigenvalue weighted by atomic mass is 10.1. The first-order chi connectivity index (χ1) is 16.3. The van der Waals surface area contributed by atoms with E-state index in [1.165, 1.54) is 35.0 Å². The zero-order valence-corrected chi connectivity index (χ0v) is 19.8. The van der Waals surface area contributed by atoms with Crippen LogP contribution in [0.1, 0.15) is 33.4 Å². The van der Waals surface area contributed by atoms with Crippen LogP contribution >= 0.6 is 35.4 Å². The van der Waals surface area contributed by atoms with Crippen molar-refractivity contribution in [2.45, 2.75) is 24.9 Å². The van der Waals surface area contributed by atoms with Gasteiger partial charge in [0.15, 0.2) is 0 Å². The standard InChI is InChI=1S/C23H18Cl2N2O6S/c24-15-5-1-13(2-6-15)21(28)31-12-18-17(33-22(29)14-3-7-16(25)8-4-14)11-19(32-18)27-20(34)9-10-26-23(27)30/h1-10,17-19H,11-12H2,(H,26,30)/t17?,18-,19-/m1/s1. The smallest absolute Gasteiger partial charge is 0.338 e. The largest absolute Gasteiger partial charge is 0.459 e. The Morgan fingerprint density at radius 3 is 2.18 bits per heavy atom. The number of halogens is 2. The second kappa shape index (κ2) is 10.5.